The summed E-state index contributed by atoms with van der Waals surface area (Å²) in [5.74, 6) is -0.106. The zero-order valence-corrected chi connectivity index (χ0v) is 17.4. The normalized spacial score (nSPS) is 24.7. The van der Waals surface area contributed by atoms with Crippen LogP contribution in [-0.4, -0.2) is 42.4 Å². The molecule has 0 aliphatic carbocycles. The van der Waals surface area contributed by atoms with Crippen LogP contribution in [0.5, 0.6) is 0 Å². The SMILES string of the molecule is CCCc1ccc(N2CC(C(=O)N3CCC(N)C(C)(C)C3)CC2=O)cc1.Cl. The van der Waals surface area contributed by atoms with E-state index in [1.165, 1.54) is 5.56 Å². The number of nitrogens with zero attached hydrogens (tertiary/aromatic N) is 2. The van der Waals surface area contributed by atoms with Crippen molar-refractivity contribution in [3.63, 3.8) is 0 Å². The molecule has 27 heavy (non-hydrogen) atoms. The van der Waals surface area contributed by atoms with Gasteiger partial charge in [0.2, 0.25) is 11.8 Å². The monoisotopic (exact) mass is 393 g/mol. The minimum Gasteiger partial charge on any atom is -0.342 e. The number of carbonyl (C=O) groups is 2. The highest BCUT2D eigenvalue weighted by molar-refractivity contribution is 6.00. The molecule has 0 bridgehead atoms. The Labute approximate surface area is 168 Å². The molecule has 1 aromatic rings. The number of benzene rings is 1. The summed E-state index contributed by atoms with van der Waals surface area (Å²) in [5, 5.41) is 0. The van der Waals surface area contributed by atoms with Crippen molar-refractivity contribution in [1.29, 1.82) is 0 Å². The summed E-state index contributed by atoms with van der Waals surface area (Å²) >= 11 is 0. The first-order valence-corrected chi connectivity index (χ1v) is 9.75. The Bertz CT molecular complexity index is 675. The first-order valence-electron chi connectivity index (χ1n) is 9.75. The van der Waals surface area contributed by atoms with Crippen LogP contribution in [-0.2, 0) is 16.0 Å². The molecule has 0 spiro atoms. The second-order valence-electron chi connectivity index (χ2n) is 8.47. The highest BCUT2D eigenvalue weighted by Gasteiger charge is 2.41. The van der Waals surface area contributed by atoms with Gasteiger partial charge in [-0.15, -0.1) is 12.4 Å². The van der Waals surface area contributed by atoms with E-state index in [2.05, 4.69) is 32.9 Å². The molecule has 3 rings (SSSR count). The lowest BCUT2D eigenvalue weighted by Gasteiger charge is -2.43. The van der Waals surface area contributed by atoms with Crippen LogP contribution in [0.3, 0.4) is 0 Å². The molecule has 2 N–H and O–H groups in total. The number of carbonyl (C=O) groups excluding carboxylic acids is 2. The van der Waals surface area contributed by atoms with Gasteiger partial charge in [-0.25, -0.2) is 0 Å². The Hall–Kier alpha value is -1.59. The number of likely N-dealkylation sites (tertiary alicyclic amines) is 1. The summed E-state index contributed by atoms with van der Waals surface area (Å²) in [6.07, 6.45) is 3.27. The van der Waals surface area contributed by atoms with Gasteiger partial charge in [0.25, 0.3) is 0 Å². The number of piperidine rings is 1. The third-order valence-electron chi connectivity index (χ3n) is 5.88. The van der Waals surface area contributed by atoms with Crippen LogP contribution in [0.25, 0.3) is 0 Å². The molecular formula is C21H32ClN3O2. The maximum atomic E-state index is 13.0. The van der Waals surface area contributed by atoms with Gasteiger partial charge in [-0.05, 0) is 36.0 Å². The first-order chi connectivity index (χ1) is 12.3. The van der Waals surface area contributed by atoms with E-state index in [0.717, 1.165) is 24.9 Å². The molecule has 2 fully saturated rings. The molecule has 2 unspecified atom stereocenters. The lowest BCUT2D eigenvalue weighted by atomic mass is 9.79. The van der Waals surface area contributed by atoms with Crippen LogP contribution in [0.4, 0.5) is 5.69 Å². The summed E-state index contributed by atoms with van der Waals surface area (Å²) in [6.45, 7) is 8.22. The van der Waals surface area contributed by atoms with Crippen LogP contribution in [0.1, 0.15) is 45.6 Å². The van der Waals surface area contributed by atoms with Gasteiger partial charge >= 0.3 is 0 Å². The van der Waals surface area contributed by atoms with Gasteiger partial charge in [0.1, 0.15) is 0 Å². The van der Waals surface area contributed by atoms with E-state index in [4.69, 9.17) is 5.73 Å². The number of hydrogen-bond acceptors (Lipinski definition) is 3. The van der Waals surface area contributed by atoms with Crippen molar-refractivity contribution in [3.8, 4) is 0 Å². The predicted molar refractivity (Wildman–Crippen MR) is 111 cm³/mol. The Morgan fingerprint density at radius 1 is 1.26 bits per heavy atom. The fourth-order valence-electron chi connectivity index (χ4n) is 4.07. The van der Waals surface area contributed by atoms with Crippen LogP contribution >= 0.6 is 12.4 Å². The second-order valence-corrected chi connectivity index (χ2v) is 8.47. The van der Waals surface area contributed by atoms with Gasteiger partial charge in [0.15, 0.2) is 0 Å². The minimum absolute atomic E-state index is 0. The van der Waals surface area contributed by atoms with Gasteiger partial charge < -0.3 is 15.5 Å². The van der Waals surface area contributed by atoms with Gasteiger partial charge in [-0.3, -0.25) is 9.59 Å². The van der Waals surface area contributed by atoms with Gasteiger partial charge in [0.05, 0.1) is 5.92 Å². The average molecular weight is 394 g/mol. The lowest BCUT2D eigenvalue weighted by Crippen LogP contribution is -2.55. The quantitative estimate of drug-likeness (QED) is 0.855. The maximum Gasteiger partial charge on any atom is 0.228 e. The Balaban J connectivity index is 0.00000261. The van der Waals surface area contributed by atoms with Crippen molar-refractivity contribution < 1.29 is 9.59 Å². The number of anilines is 1. The van der Waals surface area contributed by atoms with E-state index in [9.17, 15) is 9.59 Å². The molecule has 150 valence electrons. The number of rotatable bonds is 4. The molecule has 2 aliphatic heterocycles. The predicted octanol–water partition coefficient (Wildman–Crippen LogP) is 3.00. The van der Waals surface area contributed by atoms with Gasteiger partial charge in [-0.2, -0.15) is 0 Å². The summed E-state index contributed by atoms with van der Waals surface area (Å²) in [5.41, 5.74) is 8.28. The average Bonchev–Trinajstić information content (AvgIpc) is 2.99. The summed E-state index contributed by atoms with van der Waals surface area (Å²) in [6, 6.07) is 8.28. The molecule has 2 aliphatic rings. The highest BCUT2D eigenvalue weighted by Crippen LogP contribution is 2.31. The van der Waals surface area contributed by atoms with E-state index < -0.39 is 0 Å². The zero-order valence-electron chi connectivity index (χ0n) is 16.6. The molecule has 6 heteroatoms. The molecule has 2 atom stereocenters. The maximum absolute atomic E-state index is 13.0. The Morgan fingerprint density at radius 2 is 1.93 bits per heavy atom. The third-order valence-corrected chi connectivity index (χ3v) is 5.88. The zero-order chi connectivity index (χ0) is 18.9. The molecular weight excluding hydrogens is 362 g/mol. The number of hydrogen-bond donors (Lipinski definition) is 1. The van der Waals surface area contributed by atoms with Crippen LogP contribution in [0.2, 0.25) is 0 Å². The van der Waals surface area contributed by atoms with Crippen molar-refractivity contribution in [2.24, 2.45) is 17.1 Å². The van der Waals surface area contributed by atoms with E-state index in [0.29, 0.717) is 26.1 Å². The van der Waals surface area contributed by atoms with Crippen LogP contribution in [0, 0.1) is 11.3 Å². The van der Waals surface area contributed by atoms with Crippen molar-refractivity contribution >= 4 is 29.9 Å². The first kappa shape index (κ1) is 21.7. The van der Waals surface area contributed by atoms with Crippen molar-refractivity contribution in [2.45, 2.75) is 52.5 Å². The molecule has 2 saturated heterocycles. The van der Waals surface area contributed by atoms with Gasteiger partial charge in [0, 0.05) is 37.8 Å². The molecule has 0 radical (unpaired) electrons. The van der Waals surface area contributed by atoms with E-state index in [-0.39, 0.29) is 41.6 Å². The molecule has 0 aromatic heterocycles. The van der Waals surface area contributed by atoms with Crippen molar-refractivity contribution in [2.75, 3.05) is 24.5 Å². The van der Waals surface area contributed by atoms with Crippen LogP contribution in [0.15, 0.2) is 24.3 Å². The minimum atomic E-state index is -0.247. The Morgan fingerprint density at radius 3 is 2.52 bits per heavy atom. The fourth-order valence-corrected chi connectivity index (χ4v) is 4.07. The summed E-state index contributed by atoms with van der Waals surface area (Å²) < 4.78 is 0. The summed E-state index contributed by atoms with van der Waals surface area (Å²) in [4.78, 5) is 29.1. The number of nitrogens with two attached hydrogens (primary N) is 1. The highest BCUT2D eigenvalue weighted by atomic mass is 35.5. The van der Waals surface area contributed by atoms with Crippen molar-refractivity contribution in [1.82, 2.24) is 4.90 Å². The molecule has 2 amide bonds. The van der Waals surface area contributed by atoms with Crippen LogP contribution < -0.4 is 10.6 Å². The summed E-state index contributed by atoms with van der Waals surface area (Å²) in [7, 11) is 0. The van der Waals surface area contributed by atoms with Gasteiger partial charge in [-0.1, -0.05) is 39.3 Å². The number of aryl methyl sites for hydroxylation is 1. The van der Waals surface area contributed by atoms with E-state index >= 15 is 0 Å². The molecule has 0 saturated carbocycles. The van der Waals surface area contributed by atoms with E-state index in [1.807, 2.05) is 17.0 Å². The molecule has 1 aromatic carbocycles. The standard InChI is InChI=1S/C21H31N3O2.ClH/c1-4-5-15-6-8-17(9-7-15)24-13-16(12-19(24)25)20(26)23-11-10-18(22)21(2,3)14-23;/h6-9,16,18H,4-5,10-14,22H2,1-3H3;1H. The number of amides is 2. The smallest absolute Gasteiger partial charge is 0.228 e. The van der Waals surface area contributed by atoms with E-state index in [1.54, 1.807) is 4.90 Å². The van der Waals surface area contributed by atoms with Crippen molar-refractivity contribution in [3.05, 3.63) is 29.8 Å². The second kappa shape index (κ2) is 8.61. The number of halogens is 1. The Kier molecular flexibility index (Phi) is 6.92. The fraction of sp³-hybridized carbons (Fsp3) is 0.619. The molecule has 2 heterocycles. The largest absolute Gasteiger partial charge is 0.342 e. The lowest BCUT2D eigenvalue weighted by molar-refractivity contribution is -0.139. The third kappa shape index (κ3) is 4.64. The molecule has 5 nitrogen and oxygen atoms in total. The topological polar surface area (TPSA) is 66.6 Å².